The van der Waals surface area contributed by atoms with Gasteiger partial charge in [0, 0.05) is 22.4 Å². The molecule has 0 saturated heterocycles. The minimum absolute atomic E-state index is 0.101. The zero-order chi connectivity index (χ0) is 37.9. The number of benzene rings is 6. The average molecular weight is 742 g/mol. The first-order chi connectivity index (χ1) is 27.9. The molecule has 7 aliphatic carbocycles. The highest BCUT2D eigenvalue weighted by atomic mass is 15.1. The van der Waals surface area contributed by atoms with E-state index in [1.165, 1.54) is 126 Å². The fourth-order valence-corrected chi connectivity index (χ4v) is 14.0. The van der Waals surface area contributed by atoms with E-state index >= 15 is 0 Å². The van der Waals surface area contributed by atoms with Crippen molar-refractivity contribution in [3.05, 3.63) is 162 Å². The third-order valence-electron chi connectivity index (χ3n) is 16.3. The Morgan fingerprint density at radius 2 is 1.09 bits per heavy atom. The molecule has 1 nitrogen and oxygen atoms in total. The monoisotopic (exact) mass is 741 g/mol. The fraction of sp³-hybridized carbons (Fsp3) is 0.357. The summed E-state index contributed by atoms with van der Waals surface area (Å²) in [5, 5.41) is 0. The van der Waals surface area contributed by atoms with Gasteiger partial charge in [-0.2, -0.15) is 0 Å². The molecular formula is C56H55N. The zero-order valence-corrected chi connectivity index (χ0v) is 33.8. The molecule has 0 amide bonds. The second-order valence-electron chi connectivity index (χ2n) is 20.0. The summed E-state index contributed by atoms with van der Waals surface area (Å²) in [7, 11) is 0. The van der Waals surface area contributed by atoms with Gasteiger partial charge in [-0.25, -0.2) is 0 Å². The van der Waals surface area contributed by atoms with Gasteiger partial charge in [0.25, 0.3) is 0 Å². The lowest BCUT2D eigenvalue weighted by Crippen LogP contribution is -2.48. The summed E-state index contributed by atoms with van der Waals surface area (Å²) in [6.07, 6.45) is 14.3. The van der Waals surface area contributed by atoms with Crippen LogP contribution in [0.15, 0.2) is 140 Å². The topological polar surface area (TPSA) is 3.24 Å². The predicted molar refractivity (Wildman–Crippen MR) is 238 cm³/mol. The summed E-state index contributed by atoms with van der Waals surface area (Å²) < 4.78 is 0. The highest BCUT2D eigenvalue weighted by Gasteiger charge is 2.51. The van der Waals surface area contributed by atoms with Crippen LogP contribution < -0.4 is 4.90 Å². The SMILES string of the molecule is CC1(C)c2ccccc2-c2cc(-c3ccc(-c4ccccc4)cc3)c(N(c3ccc(C4CC5CCC4C5)cc3)c3ccc(C45CC6CC(CC(C6)C4)C5)cc3)cc21. The molecule has 6 bridgehead atoms. The zero-order valence-electron chi connectivity index (χ0n) is 33.8. The maximum Gasteiger partial charge on any atom is 0.0543 e. The van der Waals surface area contributed by atoms with E-state index in [1.807, 2.05) is 0 Å². The van der Waals surface area contributed by atoms with Crippen LogP contribution in [0.5, 0.6) is 0 Å². The van der Waals surface area contributed by atoms with Gasteiger partial charge in [-0.1, -0.05) is 123 Å². The summed E-state index contributed by atoms with van der Waals surface area (Å²) in [6.45, 7) is 4.84. The summed E-state index contributed by atoms with van der Waals surface area (Å²) in [5.41, 5.74) is 17.8. The average Bonchev–Trinajstić information content (AvgIpc) is 3.94. The van der Waals surface area contributed by atoms with E-state index in [0.29, 0.717) is 5.41 Å². The summed E-state index contributed by atoms with van der Waals surface area (Å²) in [6, 6.07) is 54.2. The van der Waals surface area contributed by atoms with Crippen LogP contribution in [-0.2, 0) is 10.8 Å². The highest BCUT2D eigenvalue weighted by Crippen LogP contribution is 2.61. The third-order valence-corrected chi connectivity index (χ3v) is 16.3. The molecule has 7 aliphatic rings. The van der Waals surface area contributed by atoms with Crippen LogP contribution in [0.2, 0.25) is 0 Å². The first-order valence-corrected chi connectivity index (χ1v) is 22.3. The summed E-state index contributed by atoms with van der Waals surface area (Å²) in [4.78, 5) is 2.60. The van der Waals surface area contributed by atoms with E-state index < -0.39 is 0 Å². The Kier molecular flexibility index (Phi) is 7.68. The van der Waals surface area contributed by atoms with Crippen LogP contribution >= 0.6 is 0 Å². The van der Waals surface area contributed by atoms with E-state index in [0.717, 1.165) is 35.5 Å². The number of nitrogens with zero attached hydrogens (tertiary/aromatic N) is 1. The van der Waals surface area contributed by atoms with Crippen molar-refractivity contribution in [1.29, 1.82) is 0 Å². The van der Waals surface area contributed by atoms with Crippen molar-refractivity contribution in [2.24, 2.45) is 29.6 Å². The predicted octanol–water partition coefficient (Wildman–Crippen LogP) is 15.2. The Morgan fingerprint density at radius 3 is 1.74 bits per heavy atom. The number of rotatable bonds is 7. The molecule has 3 atom stereocenters. The van der Waals surface area contributed by atoms with Gasteiger partial charge in [-0.05, 0) is 185 Å². The molecule has 6 aromatic carbocycles. The first kappa shape index (κ1) is 34.2. The van der Waals surface area contributed by atoms with Gasteiger partial charge in [0.1, 0.15) is 0 Å². The molecule has 0 aromatic heterocycles. The minimum atomic E-state index is -0.101. The fourth-order valence-electron chi connectivity index (χ4n) is 14.0. The van der Waals surface area contributed by atoms with Crippen molar-refractivity contribution in [1.82, 2.24) is 0 Å². The van der Waals surface area contributed by atoms with Crippen molar-refractivity contribution >= 4 is 17.1 Å². The van der Waals surface area contributed by atoms with Crippen LogP contribution in [0.25, 0.3) is 33.4 Å². The Morgan fingerprint density at radius 1 is 0.474 bits per heavy atom. The van der Waals surface area contributed by atoms with Crippen LogP contribution in [0.4, 0.5) is 17.1 Å². The number of anilines is 3. The van der Waals surface area contributed by atoms with Crippen LogP contribution in [0.1, 0.15) is 106 Å². The van der Waals surface area contributed by atoms with Crippen molar-refractivity contribution in [3.8, 4) is 33.4 Å². The van der Waals surface area contributed by atoms with Gasteiger partial charge >= 0.3 is 0 Å². The van der Waals surface area contributed by atoms with Crippen molar-refractivity contribution in [3.63, 3.8) is 0 Å². The molecule has 0 heterocycles. The van der Waals surface area contributed by atoms with Crippen LogP contribution in [0, 0.1) is 29.6 Å². The largest absolute Gasteiger partial charge is 0.310 e. The molecule has 6 aromatic rings. The van der Waals surface area contributed by atoms with Crippen molar-refractivity contribution < 1.29 is 0 Å². The van der Waals surface area contributed by atoms with Gasteiger partial charge in [0.2, 0.25) is 0 Å². The minimum Gasteiger partial charge on any atom is -0.310 e. The van der Waals surface area contributed by atoms with E-state index in [-0.39, 0.29) is 5.41 Å². The lowest BCUT2D eigenvalue weighted by atomic mass is 9.48. The van der Waals surface area contributed by atoms with Gasteiger partial charge in [-0.15, -0.1) is 0 Å². The molecule has 6 fully saturated rings. The molecule has 3 unspecified atom stereocenters. The standard InChI is InChI=1S/C56H55N/c1-55(2)52-11-7-6-10-48(52)51-31-50(43-16-14-41(15-17-43)40-8-4-3-5-9-40)54(32-53(51)55)57(46-22-18-42(19-23-46)49-30-36-12-13-44(49)29-36)47-24-20-45(21-25-47)56-33-37-26-38(34-56)28-39(27-37)35-56/h3-11,14-25,31-32,36-39,44,49H,12-13,26-30,33-35H2,1-2H3. The van der Waals surface area contributed by atoms with Gasteiger partial charge in [0.05, 0.1) is 5.69 Å². The van der Waals surface area contributed by atoms with Crippen LogP contribution in [0.3, 0.4) is 0 Å². The van der Waals surface area contributed by atoms with E-state index in [9.17, 15) is 0 Å². The molecule has 1 heteroatoms. The van der Waals surface area contributed by atoms with E-state index in [1.54, 1.807) is 11.1 Å². The quantitative estimate of drug-likeness (QED) is 0.157. The van der Waals surface area contributed by atoms with Crippen molar-refractivity contribution in [2.75, 3.05) is 4.90 Å². The molecular weight excluding hydrogens is 687 g/mol. The summed E-state index contributed by atoms with van der Waals surface area (Å²) in [5.74, 6) is 5.37. The first-order valence-electron chi connectivity index (χ1n) is 22.3. The molecule has 284 valence electrons. The smallest absolute Gasteiger partial charge is 0.0543 e. The van der Waals surface area contributed by atoms with Crippen molar-refractivity contribution in [2.45, 2.75) is 94.8 Å². The Bertz CT molecular complexity index is 2430. The molecule has 0 N–H and O–H groups in total. The molecule has 0 spiro atoms. The third kappa shape index (κ3) is 5.47. The summed E-state index contributed by atoms with van der Waals surface area (Å²) >= 11 is 0. The van der Waals surface area contributed by atoms with Gasteiger partial charge in [-0.3, -0.25) is 0 Å². The van der Waals surface area contributed by atoms with Gasteiger partial charge < -0.3 is 4.90 Å². The number of hydrogen-bond acceptors (Lipinski definition) is 1. The van der Waals surface area contributed by atoms with E-state index in [4.69, 9.17) is 0 Å². The Balaban J connectivity index is 1.02. The van der Waals surface area contributed by atoms with E-state index in [2.05, 4.69) is 158 Å². The Hall–Kier alpha value is -4.88. The second kappa shape index (κ2) is 12.8. The van der Waals surface area contributed by atoms with Crippen LogP contribution in [-0.4, -0.2) is 0 Å². The highest BCUT2D eigenvalue weighted by molar-refractivity contribution is 5.95. The maximum atomic E-state index is 2.60. The molecule has 0 aliphatic heterocycles. The maximum absolute atomic E-state index is 2.60. The molecule has 13 rings (SSSR count). The normalized spacial score (nSPS) is 28.4. The molecule has 0 radical (unpaired) electrons. The lowest BCUT2D eigenvalue weighted by Gasteiger charge is -2.57. The molecule has 6 saturated carbocycles. The number of hydrogen-bond donors (Lipinski definition) is 0. The Labute approximate surface area is 340 Å². The van der Waals surface area contributed by atoms with Gasteiger partial charge in [0.15, 0.2) is 0 Å². The second-order valence-corrected chi connectivity index (χ2v) is 20.0. The molecule has 57 heavy (non-hydrogen) atoms. The lowest BCUT2D eigenvalue weighted by molar-refractivity contribution is -0.00518. The number of fused-ring (bicyclic) bond motifs is 5.